The van der Waals surface area contributed by atoms with E-state index in [0.29, 0.717) is 19.0 Å². The molecule has 1 saturated carbocycles. The molecule has 21 heavy (non-hydrogen) atoms. The van der Waals surface area contributed by atoms with Crippen molar-refractivity contribution < 1.29 is 9.53 Å². The number of nitrogens with two attached hydrogens (primary N) is 1. The zero-order valence-electron chi connectivity index (χ0n) is 12.8. The van der Waals surface area contributed by atoms with Crippen LogP contribution in [0.2, 0.25) is 0 Å². The van der Waals surface area contributed by atoms with Gasteiger partial charge in [-0.1, -0.05) is 0 Å². The number of halogens is 2. The first kappa shape index (κ1) is 20.9. The number of likely N-dealkylation sites (tertiary alicyclic amines) is 1. The Balaban J connectivity index is 0.00000200. The van der Waals surface area contributed by atoms with Gasteiger partial charge in [0.2, 0.25) is 5.91 Å². The monoisotopic (exact) mass is 341 g/mol. The van der Waals surface area contributed by atoms with Gasteiger partial charge in [-0.3, -0.25) is 4.79 Å². The standard InChI is InChI=1S/C14H27N3O2.2ClH/c1-19-13(9-15)8-14(18)16-12-4-6-17(7-5-12)10-11-2-3-11;;/h11-13H,2-10,15H2,1H3,(H,16,18);2*1H. The van der Waals surface area contributed by atoms with Crippen molar-refractivity contribution in [1.82, 2.24) is 10.2 Å². The number of nitrogens with one attached hydrogen (secondary N) is 1. The molecule has 2 fully saturated rings. The number of piperidine rings is 1. The van der Waals surface area contributed by atoms with Crippen molar-refractivity contribution in [2.45, 2.75) is 44.2 Å². The molecule has 1 aliphatic carbocycles. The average Bonchev–Trinajstić information content (AvgIpc) is 3.22. The Morgan fingerprint density at radius 1 is 1.29 bits per heavy atom. The molecule has 1 saturated heterocycles. The van der Waals surface area contributed by atoms with Crippen LogP contribution in [0.15, 0.2) is 0 Å². The maximum Gasteiger partial charge on any atom is 0.222 e. The van der Waals surface area contributed by atoms with Crippen LogP contribution in [0.4, 0.5) is 0 Å². The molecule has 1 atom stereocenters. The summed E-state index contributed by atoms with van der Waals surface area (Å²) in [5, 5.41) is 3.11. The maximum atomic E-state index is 11.8. The van der Waals surface area contributed by atoms with E-state index in [2.05, 4.69) is 10.2 Å². The highest BCUT2D eigenvalue weighted by molar-refractivity contribution is 5.85. The molecule has 0 aromatic carbocycles. The van der Waals surface area contributed by atoms with E-state index >= 15 is 0 Å². The molecule has 0 aromatic rings. The van der Waals surface area contributed by atoms with E-state index < -0.39 is 0 Å². The van der Waals surface area contributed by atoms with E-state index in [4.69, 9.17) is 10.5 Å². The quantitative estimate of drug-likeness (QED) is 0.729. The number of carbonyl (C=O) groups is 1. The van der Waals surface area contributed by atoms with Crippen LogP contribution in [-0.2, 0) is 9.53 Å². The fourth-order valence-electron chi connectivity index (χ4n) is 2.68. The summed E-state index contributed by atoms with van der Waals surface area (Å²) in [6, 6.07) is 0.332. The Hall–Kier alpha value is -0.0700. The Labute approximate surface area is 140 Å². The predicted molar refractivity (Wildman–Crippen MR) is 89.3 cm³/mol. The third kappa shape index (κ3) is 7.66. The van der Waals surface area contributed by atoms with Gasteiger partial charge in [-0.25, -0.2) is 0 Å². The third-order valence-corrected chi connectivity index (χ3v) is 4.18. The number of ether oxygens (including phenoxy) is 1. The first-order valence-electron chi connectivity index (χ1n) is 7.45. The van der Waals surface area contributed by atoms with Crippen LogP contribution in [0.1, 0.15) is 32.1 Å². The summed E-state index contributed by atoms with van der Waals surface area (Å²) in [5.41, 5.74) is 5.52. The van der Waals surface area contributed by atoms with Gasteiger partial charge in [0.05, 0.1) is 12.5 Å². The van der Waals surface area contributed by atoms with E-state index in [1.54, 1.807) is 7.11 Å². The first-order chi connectivity index (χ1) is 9.21. The van der Waals surface area contributed by atoms with Crippen LogP contribution in [0.3, 0.4) is 0 Å². The van der Waals surface area contributed by atoms with Crippen LogP contribution < -0.4 is 11.1 Å². The van der Waals surface area contributed by atoms with E-state index in [-0.39, 0.29) is 36.8 Å². The van der Waals surface area contributed by atoms with Gasteiger partial charge >= 0.3 is 0 Å². The van der Waals surface area contributed by atoms with Crippen LogP contribution in [0.5, 0.6) is 0 Å². The lowest BCUT2D eigenvalue weighted by Gasteiger charge is -2.32. The molecular formula is C14H29Cl2N3O2. The average molecular weight is 342 g/mol. The highest BCUT2D eigenvalue weighted by Crippen LogP contribution is 2.30. The lowest BCUT2D eigenvalue weighted by molar-refractivity contribution is -0.124. The minimum Gasteiger partial charge on any atom is -0.380 e. The molecule has 1 unspecified atom stereocenters. The molecule has 3 N–H and O–H groups in total. The van der Waals surface area contributed by atoms with Crippen LogP contribution >= 0.6 is 24.8 Å². The molecule has 1 heterocycles. The Bertz CT molecular complexity index is 292. The second kappa shape index (κ2) is 10.6. The first-order valence-corrected chi connectivity index (χ1v) is 7.45. The lowest BCUT2D eigenvalue weighted by atomic mass is 10.0. The highest BCUT2D eigenvalue weighted by Gasteiger charge is 2.27. The second-order valence-corrected chi connectivity index (χ2v) is 5.88. The van der Waals surface area contributed by atoms with E-state index in [1.165, 1.54) is 19.4 Å². The summed E-state index contributed by atoms with van der Waals surface area (Å²) in [6.07, 6.45) is 5.17. The smallest absolute Gasteiger partial charge is 0.222 e. The summed E-state index contributed by atoms with van der Waals surface area (Å²) >= 11 is 0. The summed E-state index contributed by atoms with van der Waals surface area (Å²) in [7, 11) is 1.60. The van der Waals surface area contributed by atoms with Gasteiger partial charge in [0.1, 0.15) is 0 Å². The number of nitrogens with zero attached hydrogens (tertiary/aromatic N) is 1. The molecule has 1 aliphatic heterocycles. The molecule has 2 rings (SSSR count). The third-order valence-electron chi connectivity index (χ3n) is 4.18. The number of methoxy groups -OCH3 is 1. The van der Waals surface area contributed by atoms with Crippen molar-refractivity contribution in [1.29, 1.82) is 0 Å². The van der Waals surface area contributed by atoms with Crippen LogP contribution in [0.25, 0.3) is 0 Å². The van der Waals surface area contributed by atoms with E-state index in [0.717, 1.165) is 31.8 Å². The number of hydrogen-bond donors (Lipinski definition) is 2. The highest BCUT2D eigenvalue weighted by atomic mass is 35.5. The predicted octanol–water partition coefficient (Wildman–Crippen LogP) is 1.18. The molecule has 0 radical (unpaired) electrons. The molecule has 5 nitrogen and oxygen atoms in total. The summed E-state index contributed by atoms with van der Waals surface area (Å²) < 4.78 is 5.13. The number of rotatable bonds is 7. The van der Waals surface area contributed by atoms with Gasteiger partial charge in [0.25, 0.3) is 0 Å². The largest absolute Gasteiger partial charge is 0.380 e. The van der Waals surface area contributed by atoms with Gasteiger partial charge < -0.3 is 20.7 Å². The second-order valence-electron chi connectivity index (χ2n) is 5.88. The van der Waals surface area contributed by atoms with Crippen molar-refractivity contribution in [3.63, 3.8) is 0 Å². The van der Waals surface area contributed by atoms with Gasteiger partial charge in [-0.05, 0) is 31.6 Å². The van der Waals surface area contributed by atoms with Gasteiger partial charge in [-0.2, -0.15) is 0 Å². The van der Waals surface area contributed by atoms with E-state index in [9.17, 15) is 4.79 Å². The Morgan fingerprint density at radius 3 is 2.38 bits per heavy atom. The number of carbonyl (C=O) groups excluding carboxylic acids is 1. The normalized spacial score (nSPS) is 21.0. The van der Waals surface area contributed by atoms with E-state index in [1.807, 2.05) is 0 Å². The van der Waals surface area contributed by atoms with Crippen molar-refractivity contribution in [2.24, 2.45) is 11.7 Å². The number of amides is 1. The molecule has 2 aliphatic rings. The minimum absolute atomic E-state index is 0. The van der Waals surface area contributed by atoms with Crippen molar-refractivity contribution in [2.75, 3.05) is 33.3 Å². The maximum absolute atomic E-state index is 11.8. The van der Waals surface area contributed by atoms with Crippen molar-refractivity contribution >= 4 is 30.7 Å². The molecule has 0 aromatic heterocycles. The Kier molecular flexibility index (Phi) is 10.6. The molecular weight excluding hydrogens is 313 g/mol. The lowest BCUT2D eigenvalue weighted by Crippen LogP contribution is -2.46. The van der Waals surface area contributed by atoms with Crippen LogP contribution in [0, 0.1) is 5.92 Å². The fraction of sp³-hybridized carbons (Fsp3) is 0.929. The Morgan fingerprint density at radius 2 is 1.90 bits per heavy atom. The summed E-state index contributed by atoms with van der Waals surface area (Å²) in [6.45, 7) is 3.89. The van der Waals surface area contributed by atoms with Crippen molar-refractivity contribution in [3.05, 3.63) is 0 Å². The van der Waals surface area contributed by atoms with Crippen molar-refractivity contribution in [3.8, 4) is 0 Å². The summed E-state index contributed by atoms with van der Waals surface area (Å²) in [4.78, 5) is 14.4. The SMILES string of the molecule is COC(CN)CC(=O)NC1CCN(CC2CC2)CC1.Cl.Cl. The number of hydrogen-bond acceptors (Lipinski definition) is 4. The summed E-state index contributed by atoms with van der Waals surface area (Å²) in [5.74, 6) is 1.02. The molecule has 0 bridgehead atoms. The van der Waals surface area contributed by atoms with Gasteiger partial charge in [0.15, 0.2) is 0 Å². The van der Waals surface area contributed by atoms with Gasteiger partial charge in [0, 0.05) is 39.3 Å². The molecule has 0 spiro atoms. The molecule has 126 valence electrons. The molecule has 1 amide bonds. The minimum atomic E-state index is -0.157. The topological polar surface area (TPSA) is 67.6 Å². The van der Waals surface area contributed by atoms with Gasteiger partial charge in [-0.15, -0.1) is 24.8 Å². The zero-order chi connectivity index (χ0) is 13.7. The fourth-order valence-corrected chi connectivity index (χ4v) is 2.68. The molecule has 7 heteroatoms. The zero-order valence-corrected chi connectivity index (χ0v) is 14.4. The van der Waals surface area contributed by atoms with Crippen LogP contribution in [-0.4, -0.2) is 56.2 Å².